The summed E-state index contributed by atoms with van der Waals surface area (Å²) < 4.78 is 0. The second-order valence-electron chi connectivity index (χ2n) is 7.92. The van der Waals surface area contributed by atoms with Gasteiger partial charge in [-0.2, -0.15) is 0 Å². The van der Waals surface area contributed by atoms with Crippen LogP contribution in [0.1, 0.15) is 43.7 Å². The number of aryl methyl sites for hydroxylation is 1. The number of nitrogens with one attached hydrogen (secondary N) is 1. The molecule has 1 aliphatic heterocycles. The van der Waals surface area contributed by atoms with E-state index in [1.165, 1.54) is 36.1 Å². The maximum absolute atomic E-state index is 12.4. The number of anilines is 1. The van der Waals surface area contributed by atoms with Crippen molar-refractivity contribution in [3.63, 3.8) is 0 Å². The first-order valence-electron chi connectivity index (χ1n) is 9.87. The van der Waals surface area contributed by atoms with Gasteiger partial charge in [0.05, 0.1) is 6.54 Å². The van der Waals surface area contributed by atoms with Gasteiger partial charge in [-0.25, -0.2) is 0 Å². The van der Waals surface area contributed by atoms with Gasteiger partial charge in [0, 0.05) is 37.9 Å². The summed E-state index contributed by atoms with van der Waals surface area (Å²) in [6.07, 6.45) is 4.96. The van der Waals surface area contributed by atoms with Crippen LogP contribution in [0.25, 0.3) is 0 Å². The van der Waals surface area contributed by atoms with Crippen molar-refractivity contribution in [1.29, 1.82) is 0 Å². The largest absolute Gasteiger partial charge is 0.369 e. The number of hydrogen-bond acceptors (Lipinski definition) is 3. The Morgan fingerprint density at radius 1 is 1.12 bits per heavy atom. The molecule has 1 saturated carbocycles. The molecule has 0 radical (unpaired) electrons. The summed E-state index contributed by atoms with van der Waals surface area (Å²) in [7, 11) is 0. The Morgan fingerprint density at radius 2 is 1.84 bits per heavy atom. The molecule has 0 unspecified atom stereocenters. The lowest BCUT2D eigenvalue weighted by Gasteiger charge is -2.37. The van der Waals surface area contributed by atoms with Crippen molar-refractivity contribution in [1.82, 2.24) is 10.2 Å². The van der Waals surface area contributed by atoms with E-state index in [1.54, 1.807) is 0 Å². The van der Waals surface area contributed by atoms with Crippen LogP contribution in [0.3, 0.4) is 0 Å². The fourth-order valence-corrected chi connectivity index (χ4v) is 4.21. The monoisotopic (exact) mass is 343 g/mol. The summed E-state index contributed by atoms with van der Waals surface area (Å²) in [5, 5.41) is 3.28. The van der Waals surface area contributed by atoms with E-state index in [-0.39, 0.29) is 5.91 Å². The molecule has 4 heteroatoms. The number of nitrogens with zero attached hydrogens (tertiary/aromatic N) is 2. The Morgan fingerprint density at radius 3 is 2.56 bits per heavy atom. The predicted octanol–water partition coefficient (Wildman–Crippen LogP) is 3.12. The van der Waals surface area contributed by atoms with Crippen molar-refractivity contribution in [2.45, 2.75) is 52.5 Å². The minimum absolute atomic E-state index is 0.207. The third kappa shape index (κ3) is 4.55. The van der Waals surface area contributed by atoms with E-state index < -0.39 is 0 Å². The standard InChI is InChI=1S/C21H33N3O/c1-16-8-6-10-20(18(16)3)24-13-11-23(12-14-24)15-21(25)22-19-9-5-4-7-17(19)2/h6,8,10,17,19H,4-5,7,9,11-15H2,1-3H3,(H,22,25)/t17-,19-/m0/s1. The van der Waals surface area contributed by atoms with E-state index in [9.17, 15) is 4.79 Å². The van der Waals surface area contributed by atoms with Crippen molar-refractivity contribution >= 4 is 11.6 Å². The summed E-state index contributed by atoms with van der Waals surface area (Å²) in [5.74, 6) is 0.831. The number of carbonyl (C=O) groups is 1. The van der Waals surface area contributed by atoms with Crippen LogP contribution in [0.4, 0.5) is 5.69 Å². The molecule has 1 saturated heterocycles. The first-order valence-corrected chi connectivity index (χ1v) is 9.87. The van der Waals surface area contributed by atoms with Gasteiger partial charge in [0.15, 0.2) is 0 Å². The summed E-state index contributed by atoms with van der Waals surface area (Å²) in [6, 6.07) is 6.92. The maximum Gasteiger partial charge on any atom is 0.234 e. The zero-order chi connectivity index (χ0) is 17.8. The minimum atomic E-state index is 0.207. The second kappa shape index (κ2) is 8.22. The molecule has 2 fully saturated rings. The molecule has 2 aliphatic rings. The van der Waals surface area contributed by atoms with Gasteiger partial charge in [-0.1, -0.05) is 31.9 Å². The maximum atomic E-state index is 12.4. The van der Waals surface area contributed by atoms with Crippen LogP contribution >= 0.6 is 0 Å². The van der Waals surface area contributed by atoms with E-state index in [2.05, 4.69) is 54.1 Å². The summed E-state index contributed by atoms with van der Waals surface area (Å²) in [5.41, 5.74) is 4.07. The molecule has 4 nitrogen and oxygen atoms in total. The lowest BCUT2D eigenvalue weighted by atomic mass is 9.86. The van der Waals surface area contributed by atoms with E-state index in [4.69, 9.17) is 0 Å². The molecule has 0 spiro atoms. The van der Waals surface area contributed by atoms with Gasteiger partial charge in [-0.05, 0) is 49.8 Å². The molecule has 0 aromatic heterocycles. The fraction of sp³-hybridized carbons (Fsp3) is 0.667. The van der Waals surface area contributed by atoms with Crippen LogP contribution in [-0.2, 0) is 4.79 Å². The highest BCUT2D eigenvalue weighted by Crippen LogP contribution is 2.25. The molecule has 1 aromatic carbocycles. The van der Waals surface area contributed by atoms with Crippen molar-refractivity contribution in [2.75, 3.05) is 37.6 Å². The smallest absolute Gasteiger partial charge is 0.234 e. The van der Waals surface area contributed by atoms with Gasteiger partial charge in [0.1, 0.15) is 0 Å². The molecule has 138 valence electrons. The third-order valence-electron chi connectivity index (χ3n) is 6.11. The Hall–Kier alpha value is -1.55. The zero-order valence-electron chi connectivity index (χ0n) is 16.1. The topological polar surface area (TPSA) is 35.6 Å². The van der Waals surface area contributed by atoms with E-state index in [0.717, 1.165) is 32.6 Å². The highest BCUT2D eigenvalue weighted by Gasteiger charge is 2.25. The Bertz CT molecular complexity index is 593. The molecule has 2 atom stereocenters. The van der Waals surface area contributed by atoms with Crippen LogP contribution in [-0.4, -0.2) is 49.6 Å². The van der Waals surface area contributed by atoms with Crippen molar-refractivity contribution in [3.05, 3.63) is 29.3 Å². The highest BCUT2D eigenvalue weighted by atomic mass is 16.2. The highest BCUT2D eigenvalue weighted by molar-refractivity contribution is 5.78. The van der Waals surface area contributed by atoms with E-state index in [1.807, 2.05) is 0 Å². The van der Waals surface area contributed by atoms with E-state index in [0.29, 0.717) is 18.5 Å². The molecule has 3 rings (SSSR count). The van der Waals surface area contributed by atoms with Gasteiger partial charge in [0.2, 0.25) is 5.91 Å². The van der Waals surface area contributed by atoms with E-state index >= 15 is 0 Å². The first kappa shape index (κ1) is 18.2. The number of amides is 1. The molecule has 0 bridgehead atoms. The molecule has 1 heterocycles. The van der Waals surface area contributed by atoms with Gasteiger partial charge >= 0.3 is 0 Å². The van der Waals surface area contributed by atoms with Crippen LogP contribution in [0.5, 0.6) is 0 Å². The predicted molar refractivity (Wildman–Crippen MR) is 104 cm³/mol. The molecule has 1 N–H and O–H groups in total. The number of carbonyl (C=O) groups excluding carboxylic acids is 1. The van der Waals surface area contributed by atoms with Crippen molar-refractivity contribution < 1.29 is 4.79 Å². The number of benzene rings is 1. The lowest BCUT2D eigenvalue weighted by Crippen LogP contribution is -2.51. The summed E-state index contributed by atoms with van der Waals surface area (Å²) >= 11 is 0. The Balaban J connectivity index is 1.47. The summed E-state index contributed by atoms with van der Waals surface area (Å²) in [6.45, 7) is 11.1. The quantitative estimate of drug-likeness (QED) is 0.912. The Labute approximate surface area is 152 Å². The van der Waals surface area contributed by atoms with Gasteiger partial charge < -0.3 is 10.2 Å². The van der Waals surface area contributed by atoms with Crippen LogP contribution in [0.15, 0.2) is 18.2 Å². The normalized spacial score (nSPS) is 25.0. The molecular formula is C21H33N3O. The SMILES string of the molecule is Cc1cccc(N2CCN(CC(=O)N[C@H]3CCCC[C@@H]3C)CC2)c1C. The molecule has 1 aliphatic carbocycles. The molecule has 1 amide bonds. The van der Waals surface area contributed by atoms with Crippen LogP contribution in [0, 0.1) is 19.8 Å². The molecule has 1 aromatic rings. The van der Waals surface area contributed by atoms with Gasteiger partial charge in [0.25, 0.3) is 0 Å². The molecular weight excluding hydrogens is 310 g/mol. The van der Waals surface area contributed by atoms with Gasteiger partial charge in [-0.15, -0.1) is 0 Å². The molecule has 25 heavy (non-hydrogen) atoms. The third-order valence-corrected chi connectivity index (χ3v) is 6.11. The second-order valence-corrected chi connectivity index (χ2v) is 7.92. The Kier molecular flexibility index (Phi) is 6.00. The number of piperazine rings is 1. The van der Waals surface area contributed by atoms with Crippen molar-refractivity contribution in [3.8, 4) is 0 Å². The number of rotatable bonds is 4. The van der Waals surface area contributed by atoms with Crippen LogP contribution < -0.4 is 10.2 Å². The van der Waals surface area contributed by atoms with Crippen LogP contribution in [0.2, 0.25) is 0 Å². The number of hydrogen-bond donors (Lipinski definition) is 1. The fourth-order valence-electron chi connectivity index (χ4n) is 4.21. The first-order chi connectivity index (χ1) is 12.0. The minimum Gasteiger partial charge on any atom is -0.369 e. The average Bonchev–Trinajstić information content (AvgIpc) is 2.60. The zero-order valence-corrected chi connectivity index (χ0v) is 16.1. The lowest BCUT2D eigenvalue weighted by molar-refractivity contribution is -0.123. The van der Waals surface area contributed by atoms with Gasteiger partial charge in [-0.3, -0.25) is 9.69 Å². The van der Waals surface area contributed by atoms with Crippen molar-refractivity contribution in [2.24, 2.45) is 5.92 Å². The average molecular weight is 344 g/mol. The summed E-state index contributed by atoms with van der Waals surface area (Å²) in [4.78, 5) is 17.2.